The van der Waals surface area contributed by atoms with Crippen LogP contribution in [0, 0.1) is 0 Å². The van der Waals surface area contributed by atoms with Gasteiger partial charge in [0.15, 0.2) is 6.61 Å². The average molecular weight is 420 g/mol. The Morgan fingerprint density at radius 2 is 1.69 bits per heavy atom. The topological polar surface area (TPSA) is 102 Å². The maximum Gasteiger partial charge on any atom is 0.337 e. The molecule has 1 amide bonds. The smallest absolute Gasteiger partial charge is 0.337 e. The molecule has 0 unspecified atom stereocenters. The van der Waals surface area contributed by atoms with Gasteiger partial charge < -0.3 is 14.8 Å². The van der Waals surface area contributed by atoms with Gasteiger partial charge in [-0.1, -0.05) is 19.9 Å². The molecule has 0 saturated carbocycles. The molecule has 0 fully saturated rings. The van der Waals surface area contributed by atoms with Crippen molar-refractivity contribution in [1.29, 1.82) is 0 Å². The van der Waals surface area contributed by atoms with Crippen molar-refractivity contribution in [2.45, 2.75) is 18.7 Å². The molecule has 0 aliphatic carbocycles. The van der Waals surface area contributed by atoms with Crippen LogP contribution in [0.5, 0.6) is 5.75 Å². The Morgan fingerprint density at radius 1 is 1.03 bits per heavy atom. The minimum Gasteiger partial charge on any atom is -0.484 e. The van der Waals surface area contributed by atoms with Crippen LogP contribution >= 0.6 is 0 Å². The van der Waals surface area contributed by atoms with Gasteiger partial charge in [-0.25, -0.2) is 13.2 Å². The first-order valence-electron chi connectivity index (χ1n) is 9.03. The molecule has 8 nitrogen and oxygen atoms in total. The van der Waals surface area contributed by atoms with Crippen molar-refractivity contribution in [3.63, 3.8) is 0 Å². The van der Waals surface area contributed by atoms with Crippen LogP contribution in [0.2, 0.25) is 0 Å². The molecule has 0 aliphatic heterocycles. The highest BCUT2D eigenvalue weighted by Crippen LogP contribution is 2.19. The summed E-state index contributed by atoms with van der Waals surface area (Å²) in [5.74, 6) is -0.501. The zero-order chi connectivity index (χ0) is 21.4. The number of sulfonamides is 1. The van der Waals surface area contributed by atoms with E-state index in [1.165, 1.54) is 35.7 Å². The van der Waals surface area contributed by atoms with Crippen LogP contribution in [0.1, 0.15) is 24.2 Å². The number of carbonyl (C=O) groups excluding carboxylic acids is 2. The summed E-state index contributed by atoms with van der Waals surface area (Å²) in [7, 11) is -2.32. The zero-order valence-corrected chi connectivity index (χ0v) is 17.4. The van der Waals surface area contributed by atoms with E-state index in [9.17, 15) is 18.0 Å². The van der Waals surface area contributed by atoms with E-state index in [0.717, 1.165) is 0 Å². The van der Waals surface area contributed by atoms with Gasteiger partial charge in [0.05, 0.1) is 17.6 Å². The summed E-state index contributed by atoms with van der Waals surface area (Å²) in [6, 6.07) is 12.2. The molecule has 0 aromatic heterocycles. The molecule has 0 atom stereocenters. The van der Waals surface area contributed by atoms with Crippen LogP contribution < -0.4 is 10.1 Å². The van der Waals surface area contributed by atoms with Crippen molar-refractivity contribution in [2.24, 2.45) is 0 Å². The SMILES string of the molecule is CCN(CC)S(=O)(=O)c1cccc(NC(=O)COc2ccc(C(=O)OC)cc2)c1. The standard InChI is InChI=1S/C20H24N2O6S/c1-4-22(5-2)29(25,26)18-8-6-7-16(13-18)21-19(23)14-28-17-11-9-15(10-12-17)20(24)27-3/h6-13H,4-5,14H2,1-3H3,(H,21,23). The molecule has 0 bridgehead atoms. The highest BCUT2D eigenvalue weighted by molar-refractivity contribution is 7.89. The summed E-state index contributed by atoms with van der Waals surface area (Å²) in [6.07, 6.45) is 0. The van der Waals surface area contributed by atoms with Gasteiger partial charge in [0.2, 0.25) is 10.0 Å². The Labute approximate surface area is 170 Å². The monoisotopic (exact) mass is 420 g/mol. The first-order chi connectivity index (χ1) is 13.8. The third kappa shape index (κ3) is 5.78. The Kier molecular flexibility index (Phi) is 7.74. The lowest BCUT2D eigenvalue weighted by Gasteiger charge is -2.18. The molecule has 0 spiro atoms. The van der Waals surface area contributed by atoms with Gasteiger partial charge in [-0.05, 0) is 42.5 Å². The minimum atomic E-state index is -3.62. The number of esters is 1. The number of methoxy groups -OCH3 is 1. The van der Waals surface area contributed by atoms with Crippen LogP contribution in [0.4, 0.5) is 5.69 Å². The first kappa shape index (κ1) is 22.4. The normalized spacial score (nSPS) is 11.2. The summed E-state index contributed by atoms with van der Waals surface area (Å²) >= 11 is 0. The fraction of sp³-hybridized carbons (Fsp3) is 0.300. The van der Waals surface area contributed by atoms with Crippen LogP contribution in [0.3, 0.4) is 0 Å². The van der Waals surface area contributed by atoms with Gasteiger partial charge >= 0.3 is 5.97 Å². The number of nitrogens with zero attached hydrogens (tertiary/aromatic N) is 1. The van der Waals surface area contributed by atoms with E-state index in [4.69, 9.17) is 4.74 Å². The number of benzene rings is 2. The largest absolute Gasteiger partial charge is 0.484 e. The number of hydrogen-bond acceptors (Lipinski definition) is 6. The van der Waals surface area contributed by atoms with Gasteiger partial charge in [-0.15, -0.1) is 0 Å². The van der Waals surface area contributed by atoms with E-state index in [1.807, 2.05) is 0 Å². The Hall–Kier alpha value is -2.91. The molecule has 1 N–H and O–H groups in total. The van der Waals surface area contributed by atoms with Crippen LogP contribution in [-0.4, -0.2) is 51.4 Å². The summed E-state index contributed by atoms with van der Waals surface area (Å²) < 4.78 is 36.5. The second kappa shape index (κ2) is 10.0. The van der Waals surface area contributed by atoms with Crippen LogP contribution in [0.15, 0.2) is 53.4 Å². The highest BCUT2D eigenvalue weighted by Gasteiger charge is 2.21. The molecule has 0 aliphatic rings. The zero-order valence-electron chi connectivity index (χ0n) is 16.5. The van der Waals surface area contributed by atoms with Crippen LogP contribution in [0.25, 0.3) is 0 Å². The van der Waals surface area contributed by atoms with Gasteiger partial charge in [0, 0.05) is 18.8 Å². The van der Waals surface area contributed by atoms with Crippen LogP contribution in [-0.2, 0) is 19.6 Å². The molecule has 0 saturated heterocycles. The molecule has 156 valence electrons. The maximum absolute atomic E-state index is 12.6. The Morgan fingerprint density at radius 3 is 2.28 bits per heavy atom. The molecule has 0 heterocycles. The second-order valence-electron chi connectivity index (χ2n) is 5.97. The Balaban J connectivity index is 2.00. The number of hydrogen-bond donors (Lipinski definition) is 1. The molecule has 29 heavy (non-hydrogen) atoms. The minimum absolute atomic E-state index is 0.110. The predicted octanol–water partition coefficient (Wildman–Crippen LogP) is 2.52. The highest BCUT2D eigenvalue weighted by atomic mass is 32.2. The molecular weight excluding hydrogens is 396 g/mol. The second-order valence-corrected chi connectivity index (χ2v) is 7.91. The fourth-order valence-corrected chi connectivity index (χ4v) is 4.10. The van der Waals surface area contributed by atoms with E-state index >= 15 is 0 Å². The third-order valence-electron chi connectivity index (χ3n) is 4.11. The quantitative estimate of drug-likeness (QED) is 0.626. The Bertz CT molecular complexity index is 953. The number of anilines is 1. The van der Waals surface area contributed by atoms with Crippen molar-refractivity contribution < 1.29 is 27.5 Å². The molecule has 2 rings (SSSR count). The lowest BCUT2D eigenvalue weighted by molar-refractivity contribution is -0.118. The average Bonchev–Trinajstić information content (AvgIpc) is 2.73. The van der Waals surface area contributed by atoms with Crippen molar-refractivity contribution in [2.75, 3.05) is 32.1 Å². The summed E-state index contributed by atoms with van der Waals surface area (Å²) in [5.41, 5.74) is 0.725. The fourth-order valence-electron chi connectivity index (χ4n) is 2.60. The number of amides is 1. The lowest BCUT2D eigenvalue weighted by atomic mass is 10.2. The number of ether oxygens (including phenoxy) is 2. The van der Waals surface area contributed by atoms with Crippen molar-refractivity contribution in [3.8, 4) is 5.75 Å². The van der Waals surface area contributed by atoms with Crippen molar-refractivity contribution in [3.05, 3.63) is 54.1 Å². The maximum atomic E-state index is 12.6. The van der Waals surface area contributed by atoms with E-state index in [0.29, 0.717) is 30.1 Å². The lowest BCUT2D eigenvalue weighted by Crippen LogP contribution is -2.30. The first-order valence-corrected chi connectivity index (χ1v) is 10.5. The van der Waals surface area contributed by atoms with Gasteiger partial charge in [-0.3, -0.25) is 4.79 Å². The van der Waals surface area contributed by atoms with E-state index in [2.05, 4.69) is 10.1 Å². The van der Waals surface area contributed by atoms with Gasteiger partial charge in [-0.2, -0.15) is 4.31 Å². The van der Waals surface area contributed by atoms with E-state index in [-0.39, 0.29) is 11.5 Å². The molecule has 9 heteroatoms. The summed E-state index contributed by atoms with van der Waals surface area (Å²) in [4.78, 5) is 23.7. The molecular formula is C20H24N2O6S. The van der Waals surface area contributed by atoms with Crippen molar-refractivity contribution >= 4 is 27.6 Å². The molecule has 2 aromatic carbocycles. The number of rotatable bonds is 9. The van der Waals surface area contributed by atoms with Crippen molar-refractivity contribution in [1.82, 2.24) is 4.31 Å². The number of nitrogens with one attached hydrogen (secondary N) is 1. The summed E-state index contributed by atoms with van der Waals surface area (Å²) in [6.45, 7) is 3.98. The summed E-state index contributed by atoms with van der Waals surface area (Å²) in [5, 5.41) is 2.62. The molecule has 2 aromatic rings. The molecule has 0 radical (unpaired) electrons. The third-order valence-corrected chi connectivity index (χ3v) is 6.15. The van der Waals surface area contributed by atoms with E-state index in [1.54, 1.807) is 38.1 Å². The van der Waals surface area contributed by atoms with Gasteiger partial charge in [0.25, 0.3) is 5.91 Å². The van der Waals surface area contributed by atoms with Gasteiger partial charge in [0.1, 0.15) is 5.75 Å². The van der Waals surface area contributed by atoms with E-state index < -0.39 is 21.9 Å². The number of carbonyl (C=O) groups is 2. The predicted molar refractivity (Wildman–Crippen MR) is 108 cm³/mol.